The highest BCUT2D eigenvalue weighted by atomic mass is 16.2. The van der Waals surface area contributed by atoms with Crippen molar-refractivity contribution in [1.29, 1.82) is 0 Å². The Morgan fingerprint density at radius 2 is 1.80 bits per heavy atom. The number of para-hydroxylation sites is 1. The molecule has 0 unspecified atom stereocenters. The summed E-state index contributed by atoms with van der Waals surface area (Å²) in [6, 6.07) is 13.7. The van der Waals surface area contributed by atoms with E-state index in [0.717, 1.165) is 5.69 Å². The van der Waals surface area contributed by atoms with Crippen LogP contribution in [-0.4, -0.2) is 18.9 Å². The van der Waals surface area contributed by atoms with E-state index in [1.165, 1.54) is 0 Å². The number of carbonyl (C=O) groups excluding carboxylic acids is 2. The summed E-state index contributed by atoms with van der Waals surface area (Å²) in [5.41, 5.74) is 7.35. The number of rotatable bonds is 4. The molecule has 5 nitrogen and oxygen atoms in total. The van der Waals surface area contributed by atoms with E-state index in [9.17, 15) is 9.59 Å². The second-order valence-electron chi connectivity index (χ2n) is 4.19. The molecule has 0 radical (unpaired) electrons. The Kier molecular flexibility index (Phi) is 4.00. The Morgan fingerprint density at radius 1 is 1.05 bits per heavy atom. The van der Waals surface area contributed by atoms with Gasteiger partial charge in [-0.15, -0.1) is 0 Å². The van der Waals surface area contributed by atoms with Crippen LogP contribution < -0.4 is 16.4 Å². The molecule has 0 aliphatic rings. The first-order valence-electron chi connectivity index (χ1n) is 6.10. The van der Waals surface area contributed by atoms with Gasteiger partial charge < -0.3 is 16.4 Å². The first-order chi connectivity index (χ1) is 9.61. The molecule has 0 bridgehead atoms. The van der Waals surface area contributed by atoms with E-state index in [2.05, 4.69) is 10.6 Å². The van der Waals surface area contributed by atoms with Gasteiger partial charge in [0, 0.05) is 24.0 Å². The number of benzene rings is 2. The second kappa shape index (κ2) is 5.88. The van der Waals surface area contributed by atoms with Crippen molar-refractivity contribution < 1.29 is 9.59 Å². The third-order valence-corrected chi connectivity index (χ3v) is 2.85. The van der Waals surface area contributed by atoms with Crippen LogP contribution >= 0.6 is 0 Å². The van der Waals surface area contributed by atoms with Crippen LogP contribution in [0.4, 0.5) is 11.4 Å². The summed E-state index contributed by atoms with van der Waals surface area (Å²) < 4.78 is 0. The van der Waals surface area contributed by atoms with Gasteiger partial charge >= 0.3 is 0 Å². The molecule has 2 aromatic carbocycles. The number of amides is 2. The molecule has 0 saturated heterocycles. The molecule has 0 atom stereocenters. The molecule has 2 aromatic rings. The minimum absolute atomic E-state index is 0.253. The van der Waals surface area contributed by atoms with E-state index in [4.69, 9.17) is 5.73 Å². The summed E-state index contributed by atoms with van der Waals surface area (Å²) >= 11 is 0. The number of nitrogens with one attached hydrogen (secondary N) is 2. The lowest BCUT2D eigenvalue weighted by molar-refractivity contribution is 0.0996. The number of nitrogens with two attached hydrogens (primary N) is 1. The van der Waals surface area contributed by atoms with Crippen LogP contribution in [0.5, 0.6) is 0 Å². The van der Waals surface area contributed by atoms with E-state index >= 15 is 0 Å². The lowest BCUT2D eigenvalue weighted by Crippen LogP contribution is -2.15. The molecule has 20 heavy (non-hydrogen) atoms. The van der Waals surface area contributed by atoms with Crippen LogP contribution in [0, 0.1) is 0 Å². The topological polar surface area (TPSA) is 84.2 Å². The monoisotopic (exact) mass is 269 g/mol. The molecule has 0 heterocycles. The minimum Gasteiger partial charge on any atom is -0.387 e. The fourth-order valence-corrected chi connectivity index (χ4v) is 1.85. The maximum Gasteiger partial charge on any atom is 0.257 e. The number of primary amides is 1. The SMILES string of the molecule is CNc1ccccc1C(=O)Nc1cccc(C(N)=O)c1. The largest absolute Gasteiger partial charge is 0.387 e. The zero-order valence-corrected chi connectivity index (χ0v) is 11.0. The molecule has 102 valence electrons. The van der Waals surface area contributed by atoms with E-state index in [0.29, 0.717) is 16.8 Å². The molecular weight excluding hydrogens is 254 g/mol. The summed E-state index contributed by atoms with van der Waals surface area (Å²) in [7, 11) is 1.75. The fourth-order valence-electron chi connectivity index (χ4n) is 1.85. The Labute approximate surface area is 116 Å². The quantitative estimate of drug-likeness (QED) is 0.794. The molecular formula is C15H15N3O2. The number of hydrogen-bond donors (Lipinski definition) is 3. The molecule has 0 fully saturated rings. The molecule has 0 aliphatic heterocycles. The molecule has 0 aliphatic carbocycles. The molecule has 0 saturated carbocycles. The summed E-state index contributed by atoms with van der Waals surface area (Å²) in [5.74, 6) is -0.784. The van der Waals surface area contributed by atoms with Gasteiger partial charge in [-0.3, -0.25) is 9.59 Å². The molecule has 4 N–H and O–H groups in total. The Bertz CT molecular complexity index is 653. The van der Waals surface area contributed by atoms with E-state index in [-0.39, 0.29) is 5.91 Å². The van der Waals surface area contributed by atoms with Crippen molar-refractivity contribution in [3.05, 3.63) is 59.7 Å². The zero-order chi connectivity index (χ0) is 14.5. The lowest BCUT2D eigenvalue weighted by Gasteiger charge is -2.10. The predicted octanol–water partition coefficient (Wildman–Crippen LogP) is 2.08. The van der Waals surface area contributed by atoms with Gasteiger partial charge in [0.15, 0.2) is 0 Å². The molecule has 5 heteroatoms. The van der Waals surface area contributed by atoms with Crippen molar-refractivity contribution in [2.45, 2.75) is 0 Å². The van der Waals surface area contributed by atoms with Crippen LogP contribution in [0.15, 0.2) is 48.5 Å². The van der Waals surface area contributed by atoms with Crippen LogP contribution in [-0.2, 0) is 0 Å². The first-order valence-corrected chi connectivity index (χ1v) is 6.10. The number of hydrogen-bond acceptors (Lipinski definition) is 3. The maximum atomic E-state index is 12.2. The number of carbonyl (C=O) groups is 2. The van der Waals surface area contributed by atoms with Gasteiger partial charge in [0.2, 0.25) is 5.91 Å². The van der Waals surface area contributed by atoms with Gasteiger partial charge in [0.25, 0.3) is 5.91 Å². The highest BCUT2D eigenvalue weighted by molar-refractivity contribution is 6.08. The summed E-state index contributed by atoms with van der Waals surface area (Å²) in [6.45, 7) is 0. The van der Waals surface area contributed by atoms with Crippen molar-refractivity contribution in [3.63, 3.8) is 0 Å². The van der Waals surface area contributed by atoms with Crippen molar-refractivity contribution >= 4 is 23.2 Å². The molecule has 2 amide bonds. The third kappa shape index (κ3) is 2.95. The van der Waals surface area contributed by atoms with E-state index < -0.39 is 5.91 Å². The highest BCUT2D eigenvalue weighted by Crippen LogP contribution is 2.17. The van der Waals surface area contributed by atoms with Gasteiger partial charge in [-0.25, -0.2) is 0 Å². The van der Waals surface area contributed by atoms with Crippen LogP contribution in [0.25, 0.3) is 0 Å². The second-order valence-corrected chi connectivity index (χ2v) is 4.19. The molecule has 2 rings (SSSR count). The van der Waals surface area contributed by atoms with Gasteiger partial charge in [0.05, 0.1) is 5.56 Å². The smallest absolute Gasteiger partial charge is 0.257 e. The van der Waals surface area contributed by atoms with Crippen LogP contribution in [0.1, 0.15) is 20.7 Å². The molecule has 0 spiro atoms. The van der Waals surface area contributed by atoms with Crippen molar-refractivity contribution in [2.24, 2.45) is 5.73 Å². The van der Waals surface area contributed by atoms with E-state index in [1.807, 2.05) is 12.1 Å². The van der Waals surface area contributed by atoms with Crippen LogP contribution in [0.3, 0.4) is 0 Å². The normalized spacial score (nSPS) is 9.85. The van der Waals surface area contributed by atoms with Crippen molar-refractivity contribution in [3.8, 4) is 0 Å². The Balaban J connectivity index is 2.23. The third-order valence-electron chi connectivity index (χ3n) is 2.85. The standard InChI is InChI=1S/C15H15N3O2/c1-17-13-8-3-2-7-12(13)15(20)18-11-6-4-5-10(9-11)14(16)19/h2-9,17H,1H3,(H2,16,19)(H,18,20). The van der Waals surface area contributed by atoms with Crippen molar-refractivity contribution in [2.75, 3.05) is 17.7 Å². The minimum atomic E-state index is -0.531. The average Bonchev–Trinajstić information content (AvgIpc) is 2.47. The summed E-state index contributed by atoms with van der Waals surface area (Å²) in [4.78, 5) is 23.3. The van der Waals surface area contributed by atoms with E-state index in [1.54, 1.807) is 43.4 Å². The van der Waals surface area contributed by atoms with Crippen LogP contribution in [0.2, 0.25) is 0 Å². The average molecular weight is 269 g/mol. The number of anilines is 2. The summed E-state index contributed by atoms with van der Waals surface area (Å²) in [5, 5.41) is 5.70. The van der Waals surface area contributed by atoms with Gasteiger partial charge in [0.1, 0.15) is 0 Å². The van der Waals surface area contributed by atoms with Gasteiger partial charge in [-0.2, -0.15) is 0 Å². The van der Waals surface area contributed by atoms with Gasteiger partial charge in [-0.1, -0.05) is 18.2 Å². The lowest BCUT2D eigenvalue weighted by atomic mass is 10.1. The fraction of sp³-hybridized carbons (Fsp3) is 0.0667. The predicted molar refractivity (Wildman–Crippen MR) is 78.9 cm³/mol. The zero-order valence-electron chi connectivity index (χ0n) is 11.0. The highest BCUT2D eigenvalue weighted by Gasteiger charge is 2.10. The first kappa shape index (κ1) is 13.6. The Hall–Kier alpha value is -2.82. The van der Waals surface area contributed by atoms with Crippen molar-refractivity contribution in [1.82, 2.24) is 0 Å². The summed E-state index contributed by atoms with van der Waals surface area (Å²) in [6.07, 6.45) is 0. The molecule has 0 aromatic heterocycles. The maximum absolute atomic E-state index is 12.2. The van der Waals surface area contributed by atoms with Gasteiger partial charge in [-0.05, 0) is 30.3 Å². The Morgan fingerprint density at radius 3 is 2.50 bits per heavy atom.